The summed E-state index contributed by atoms with van der Waals surface area (Å²) in [5.74, 6) is -0.104. The van der Waals surface area contributed by atoms with Crippen LogP contribution in [0, 0.1) is 15.9 Å². The zero-order valence-electron chi connectivity index (χ0n) is 12.7. The van der Waals surface area contributed by atoms with Crippen LogP contribution in [-0.2, 0) is 9.84 Å². The zero-order valence-corrected chi connectivity index (χ0v) is 13.5. The molecule has 2 aromatic rings. The van der Waals surface area contributed by atoms with E-state index in [0.29, 0.717) is 5.75 Å². The lowest BCUT2D eigenvalue weighted by atomic mass is 10.2. The second-order valence-corrected chi connectivity index (χ2v) is 6.90. The molecule has 0 radical (unpaired) electrons. The van der Waals surface area contributed by atoms with E-state index in [-0.39, 0.29) is 23.7 Å². The Labute approximate surface area is 138 Å². The Morgan fingerprint density at radius 1 is 1.25 bits per heavy atom. The average Bonchev–Trinajstić information content (AvgIpc) is 2.50. The van der Waals surface area contributed by atoms with Crippen molar-refractivity contribution in [3.05, 3.63) is 58.4 Å². The second-order valence-electron chi connectivity index (χ2n) is 4.91. The van der Waals surface area contributed by atoms with E-state index < -0.39 is 26.3 Å². The predicted octanol–water partition coefficient (Wildman–Crippen LogP) is 2.63. The van der Waals surface area contributed by atoms with Gasteiger partial charge in [0.2, 0.25) is 0 Å². The van der Waals surface area contributed by atoms with Gasteiger partial charge in [-0.2, -0.15) is 0 Å². The van der Waals surface area contributed by atoms with Crippen molar-refractivity contribution in [2.24, 2.45) is 0 Å². The third kappa shape index (κ3) is 4.42. The van der Waals surface area contributed by atoms with Gasteiger partial charge in [-0.25, -0.2) is 12.8 Å². The number of benzene rings is 2. The molecule has 128 valence electrons. The van der Waals surface area contributed by atoms with Crippen molar-refractivity contribution in [1.82, 2.24) is 0 Å². The summed E-state index contributed by atoms with van der Waals surface area (Å²) in [5, 5.41) is 14.0. The Morgan fingerprint density at radius 2 is 1.96 bits per heavy atom. The van der Waals surface area contributed by atoms with Gasteiger partial charge in [-0.1, -0.05) is 12.1 Å². The van der Waals surface area contributed by atoms with E-state index in [9.17, 15) is 22.9 Å². The predicted molar refractivity (Wildman–Crippen MR) is 86.6 cm³/mol. The van der Waals surface area contributed by atoms with Crippen molar-refractivity contribution in [2.45, 2.75) is 4.90 Å². The lowest BCUT2D eigenvalue weighted by Gasteiger charge is -2.10. The summed E-state index contributed by atoms with van der Waals surface area (Å²) in [7, 11) is -3.73. The van der Waals surface area contributed by atoms with Gasteiger partial charge in [0.1, 0.15) is 28.8 Å². The fourth-order valence-electron chi connectivity index (χ4n) is 2.06. The van der Waals surface area contributed by atoms with Crippen LogP contribution in [-0.4, -0.2) is 32.7 Å². The van der Waals surface area contributed by atoms with Crippen molar-refractivity contribution in [2.75, 3.05) is 24.7 Å². The van der Waals surface area contributed by atoms with Gasteiger partial charge in [0.05, 0.1) is 4.92 Å². The van der Waals surface area contributed by atoms with Crippen molar-refractivity contribution in [1.29, 1.82) is 0 Å². The molecule has 0 aliphatic heterocycles. The first-order chi connectivity index (χ1) is 11.3. The standard InChI is InChI=1S/C15H15FN2O5S/c1-24(21,22)14-7-3-6-13(15(14)18(19)20)17-8-9-23-12-5-2-4-11(16)10-12/h2-7,10,17H,8-9H2,1H3. The Hall–Kier alpha value is -2.68. The Kier molecular flexibility index (Phi) is 5.35. The smallest absolute Gasteiger partial charge is 0.310 e. The van der Waals surface area contributed by atoms with Crippen LogP contribution >= 0.6 is 0 Å². The molecule has 0 aromatic heterocycles. The molecule has 0 fully saturated rings. The van der Waals surface area contributed by atoms with Gasteiger partial charge < -0.3 is 10.1 Å². The molecular formula is C15H15FN2O5S. The highest BCUT2D eigenvalue weighted by molar-refractivity contribution is 7.90. The molecule has 0 unspecified atom stereocenters. The number of nitro benzene ring substituents is 1. The van der Waals surface area contributed by atoms with Crippen LogP contribution in [0.3, 0.4) is 0 Å². The highest BCUT2D eigenvalue weighted by Crippen LogP contribution is 2.31. The van der Waals surface area contributed by atoms with E-state index >= 15 is 0 Å². The topological polar surface area (TPSA) is 98.5 Å². The van der Waals surface area contributed by atoms with Gasteiger partial charge in [0, 0.05) is 18.9 Å². The van der Waals surface area contributed by atoms with Gasteiger partial charge in [-0.3, -0.25) is 10.1 Å². The highest BCUT2D eigenvalue weighted by Gasteiger charge is 2.25. The SMILES string of the molecule is CS(=O)(=O)c1cccc(NCCOc2cccc(F)c2)c1[N+](=O)[O-]. The van der Waals surface area contributed by atoms with Gasteiger partial charge in [0.15, 0.2) is 9.84 Å². The molecule has 2 aromatic carbocycles. The first kappa shape index (κ1) is 17.7. The van der Waals surface area contributed by atoms with Gasteiger partial charge >= 0.3 is 5.69 Å². The summed E-state index contributed by atoms with van der Waals surface area (Å²) in [6.45, 7) is 0.286. The number of anilines is 1. The summed E-state index contributed by atoms with van der Waals surface area (Å²) in [5.41, 5.74) is -0.434. The molecule has 0 aliphatic rings. The molecule has 24 heavy (non-hydrogen) atoms. The fourth-order valence-corrected chi connectivity index (χ4v) is 2.93. The average molecular weight is 354 g/mol. The zero-order chi connectivity index (χ0) is 17.7. The van der Waals surface area contributed by atoms with Crippen LogP contribution in [0.2, 0.25) is 0 Å². The summed E-state index contributed by atoms with van der Waals surface area (Å²) in [4.78, 5) is 10.1. The maximum Gasteiger partial charge on any atom is 0.310 e. The van der Waals surface area contributed by atoms with E-state index in [1.807, 2.05) is 0 Å². The number of nitrogens with zero attached hydrogens (tertiary/aromatic N) is 1. The molecule has 0 heterocycles. The quantitative estimate of drug-likeness (QED) is 0.466. The van der Waals surface area contributed by atoms with E-state index in [4.69, 9.17) is 4.74 Å². The molecule has 0 saturated carbocycles. The number of nitrogens with one attached hydrogen (secondary N) is 1. The Balaban J connectivity index is 2.09. The number of halogens is 1. The molecule has 0 amide bonds. The van der Waals surface area contributed by atoms with Crippen LogP contribution in [0.1, 0.15) is 0 Å². The van der Waals surface area contributed by atoms with Crippen molar-refractivity contribution in [3.8, 4) is 5.75 Å². The first-order valence-electron chi connectivity index (χ1n) is 6.89. The molecule has 0 aliphatic carbocycles. The summed E-state index contributed by atoms with van der Waals surface area (Å²) >= 11 is 0. The number of nitro groups is 1. The number of sulfone groups is 1. The number of ether oxygens (including phenoxy) is 1. The minimum Gasteiger partial charge on any atom is -0.492 e. The van der Waals surface area contributed by atoms with Crippen LogP contribution in [0.5, 0.6) is 5.75 Å². The first-order valence-corrected chi connectivity index (χ1v) is 8.78. The Morgan fingerprint density at radius 3 is 2.58 bits per heavy atom. The molecule has 9 heteroatoms. The van der Waals surface area contributed by atoms with Crippen LogP contribution < -0.4 is 10.1 Å². The molecule has 1 N–H and O–H groups in total. The number of hydrogen-bond donors (Lipinski definition) is 1. The van der Waals surface area contributed by atoms with Crippen molar-refractivity contribution >= 4 is 21.2 Å². The highest BCUT2D eigenvalue weighted by atomic mass is 32.2. The molecule has 7 nitrogen and oxygen atoms in total. The molecule has 0 bridgehead atoms. The second kappa shape index (κ2) is 7.26. The largest absolute Gasteiger partial charge is 0.492 e. The molecular weight excluding hydrogens is 339 g/mol. The van der Waals surface area contributed by atoms with Crippen molar-refractivity contribution in [3.63, 3.8) is 0 Å². The van der Waals surface area contributed by atoms with Gasteiger partial charge in [-0.05, 0) is 24.3 Å². The number of rotatable bonds is 7. The summed E-state index contributed by atoms with van der Waals surface area (Å²) in [6.07, 6.45) is 0.909. The molecule has 0 saturated heterocycles. The van der Waals surface area contributed by atoms with E-state index in [1.54, 1.807) is 6.07 Å². The molecule has 0 spiro atoms. The maximum atomic E-state index is 13.0. The maximum absolute atomic E-state index is 13.0. The lowest BCUT2D eigenvalue weighted by Crippen LogP contribution is -2.13. The minimum absolute atomic E-state index is 0.0748. The van der Waals surface area contributed by atoms with E-state index in [0.717, 1.165) is 6.26 Å². The minimum atomic E-state index is -3.73. The molecule has 2 rings (SSSR count). The third-order valence-electron chi connectivity index (χ3n) is 3.06. The van der Waals surface area contributed by atoms with E-state index in [1.165, 1.54) is 36.4 Å². The van der Waals surface area contributed by atoms with Crippen LogP contribution in [0.25, 0.3) is 0 Å². The van der Waals surface area contributed by atoms with Crippen LogP contribution in [0.15, 0.2) is 47.4 Å². The van der Waals surface area contributed by atoms with Gasteiger partial charge in [0.25, 0.3) is 0 Å². The third-order valence-corrected chi connectivity index (χ3v) is 4.19. The van der Waals surface area contributed by atoms with E-state index in [2.05, 4.69) is 5.32 Å². The molecule has 0 atom stereocenters. The normalized spacial score (nSPS) is 11.1. The summed E-state index contributed by atoms with van der Waals surface area (Å²) < 4.78 is 41.7. The van der Waals surface area contributed by atoms with Gasteiger partial charge in [-0.15, -0.1) is 0 Å². The number of hydrogen-bond acceptors (Lipinski definition) is 6. The van der Waals surface area contributed by atoms with Crippen molar-refractivity contribution < 1.29 is 22.5 Å². The Bertz CT molecular complexity index is 855. The number of para-hydroxylation sites is 1. The lowest BCUT2D eigenvalue weighted by molar-refractivity contribution is -0.386. The summed E-state index contributed by atoms with van der Waals surface area (Å²) in [6, 6.07) is 9.59. The monoisotopic (exact) mass is 354 g/mol. The fraction of sp³-hybridized carbons (Fsp3) is 0.200. The van der Waals surface area contributed by atoms with Crippen LogP contribution in [0.4, 0.5) is 15.8 Å².